The van der Waals surface area contributed by atoms with Crippen molar-refractivity contribution >= 4 is 58.3 Å². The number of thiol groups is 2. The van der Waals surface area contributed by atoms with Gasteiger partial charge >= 0.3 is 69.5 Å². The zero-order valence-corrected chi connectivity index (χ0v) is 28.0. The molecule has 0 spiro atoms. The fourth-order valence-corrected chi connectivity index (χ4v) is 7.72. The molecule has 7 heteroatoms. The number of carboxylic acid groups (broad SMARTS) is 2. The van der Waals surface area contributed by atoms with E-state index >= 15 is 0 Å². The van der Waals surface area contributed by atoms with Crippen LogP contribution in [0.25, 0.3) is 0 Å². The number of unbranched alkanes of at least 4 members (excludes halogenated alkanes) is 12. The van der Waals surface area contributed by atoms with Gasteiger partial charge in [0.05, 0.1) is 11.9 Å². The van der Waals surface area contributed by atoms with E-state index in [1.807, 2.05) is 0 Å². The Balaban J connectivity index is -0.000000448. The van der Waals surface area contributed by atoms with Gasteiger partial charge in [-0.2, -0.15) is 25.3 Å². The molecule has 0 aromatic rings. The number of hydrogen-bond acceptors (Lipinski definition) is 6. The van der Waals surface area contributed by atoms with E-state index in [1.54, 1.807) is 8.87 Å². The Bertz CT molecular complexity index is 401. The summed E-state index contributed by atoms with van der Waals surface area (Å²) < 4.78 is 3.25. The minimum absolute atomic E-state index is 0.149. The monoisotopic (exact) mass is 640 g/mol. The predicted octanol–water partition coefficient (Wildman–Crippen LogP) is 6.70. The summed E-state index contributed by atoms with van der Waals surface area (Å²) in [4.78, 5) is 20.6. The number of carboxylic acids is 2. The molecule has 0 bridgehead atoms. The van der Waals surface area contributed by atoms with Crippen LogP contribution in [0.3, 0.4) is 0 Å². The second-order valence-electron chi connectivity index (χ2n) is 9.24. The summed E-state index contributed by atoms with van der Waals surface area (Å²) in [6.07, 6.45) is 21.2. The summed E-state index contributed by atoms with van der Waals surface area (Å²) in [6.45, 7) is 8.94. The van der Waals surface area contributed by atoms with Crippen molar-refractivity contribution < 1.29 is 19.8 Å². The Kier molecular flexibility index (Phi) is 39.3. The van der Waals surface area contributed by atoms with E-state index in [0.29, 0.717) is 12.8 Å². The molecule has 0 fully saturated rings. The molecule has 0 aliphatic carbocycles. The van der Waals surface area contributed by atoms with Crippen molar-refractivity contribution in [3.8, 4) is 0 Å². The first-order valence-corrected chi connectivity index (χ1v) is 19.3. The SMILES string of the molecule is CCCCCCCCC(S)C(=O)[O-].CCCCCCCCC(S)C(=O)[O-].CCC[CH2][Sn+2][CH2]CCC. The van der Waals surface area contributed by atoms with Gasteiger partial charge in [-0.05, 0) is 12.8 Å². The molecule has 208 valence electrons. The Morgan fingerprint density at radius 2 is 0.829 bits per heavy atom. The Morgan fingerprint density at radius 1 is 0.543 bits per heavy atom. The quantitative estimate of drug-likeness (QED) is 0.0786. The molecule has 0 N–H and O–H groups in total. The summed E-state index contributed by atoms with van der Waals surface area (Å²) in [5.41, 5.74) is 0. The molecule has 2 atom stereocenters. The van der Waals surface area contributed by atoms with Gasteiger partial charge in [-0.15, -0.1) is 0 Å². The Labute approximate surface area is 239 Å². The maximum atomic E-state index is 10.3. The molecule has 0 heterocycles. The average Bonchev–Trinajstić information content (AvgIpc) is 2.83. The molecule has 0 aliphatic heterocycles. The van der Waals surface area contributed by atoms with Crippen LogP contribution in [-0.2, 0) is 9.59 Å². The van der Waals surface area contributed by atoms with Gasteiger partial charge in [0.2, 0.25) is 0 Å². The van der Waals surface area contributed by atoms with Crippen molar-refractivity contribution in [2.24, 2.45) is 0 Å². The van der Waals surface area contributed by atoms with E-state index in [4.69, 9.17) is 0 Å². The first kappa shape index (κ1) is 39.9. The van der Waals surface area contributed by atoms with E-state index < -0.39 is 22.4 Å². The van der Waals surface area contributed by atoms with E-state index in [1.165, 1.54) is 77.0 Å². The molecular weight excluding hydrogens is 583 g/mol. The van der Waals surface area contributed by atoms with E-state index in [9.17, 15) is 19.8 Å². The molecule has 4 nitrogen and oxygen atoms in total. The Hall–Kier alpha value is 0.439. The molecule has 0 radical (unpaired) electrons. The second kappa shape index (κ2) is 34.4. The molecular formula is C28H56O4S2Sn. The standard InChI is InChI=1S/2C10H20O2S.2C4H9.Sn/c2*1-2-3-4-5-6-7-8-9(13)10(11)12;2*1-3-4-2;/h2*9,13H,2-8H2,1H3,(H,11,12);2*1,3-4H2,2H3;/q;;;;+2/p-2. The van der Waals surface area contributed by atoms with Crippen molar-refractivity contribution in [2.45, 2.75) is 163 Å². The van der Waals surface area contributed by atoms with Crippen LogP contribution in [-0.4, -0.2) is 43.6 Å². The topological polar surface area (TPSA) is 80.3 Å². The molecule has 2 unspecified atom stereocenters. The van der Waals surface area contributed by atoms with E-state index in [-0.39, 0.29) is 21.1 Å². The molecule has 0 rings (SSSR count). The summed E-state index contributed by atoms with van der Waals surface area (Å²) in [6, 6.07) is 0. The van der Waals surface area contributed by atoms with Gasteiger partial charge in [0.1, 0.15) is 0 Å². The molecule has 0 saturated heterocycles. The van der Waals surface area contributed by atoms with Gasteiger partial charge in [0.25, 0.3) is 0 Å². The predicted molar refractivity (Wildman–Crippen MR) is 157 cm³/mol. The van der Waals surface area contributed by atoms with Gasteiger partial charge in [0, 0.05) is 10.5 Å². The van der Waals surface area contributed by atoms with Gasteiger partial charge in [-0.3, -0.25) is 0 Å². The number of rotatable bonds is 22. The summed E-state index contributed by atoms with van der Waals surface area (Å²) in [5.74, 6) is -2.09. The van der Waals surface area contributed by atoms with Crippen LogP contribution in [0, 0.1) is 0 Å². The van der Waals surface area contributed by atoms with Crippen LogP contribution < -0.4 is 10.2 Å². The molecule has 0 aromatic carbocycles. The third-order valence-electron chi connectivity index (χ3n) is 5.62. The first-order valence-electron chi connectivity index (χ1n) is 14.3. The number of carbonyl (C=O) groups excluding carboxylic acids is 2. The van der Waals surface area contributed by atoms with Crippen LogP contribution >= 0.6 is 25.3 Å². The van der Waals surface area contributed by atoms with Crippen LogP contribution in [0.1, 0.15) is 143 Å². The molecule has 0 saturated carbocycles. The third kappa shape index (κ3) is 39.1. The minimum atomic E-state index is -1.04. The average molecular weight is 640 g/mol. The van der Waals surface area contributed by atoms with Crippen LogP contribution in [0.4, 0.5) is 0 Å². The van der Waals surface area contributed by atoms with E-state index in [2.05, 4.69) is 53.0 Å². The number of carbonyl (C=O) groups is 2. The number of hydrogen-bond donors (Lipinski definition) is 2. The van der Waals surface area contributed by atoms with Crippen molar-refractivity contribution in [1.82, 2.24) is 0 Å². The van der Waals surface area contributed by atoms with Crippen LogP contribution in [0.15, 0.2) is 0 Å². The van der Waals surface area contributed by atoms with Gasteiger partial charge in [-0.25, -0.2) is 0 Å². The van der Waals surface area contributed by atoms with E-state index in [0.717, 1.165) is 25.7 Å². The zero-order valence-electron chi connectivity index (χ0n) is 23.3. The second-order valence-corrected chi connectivity index (χ2v) is 14.8. The molecule has 0 amide bonds. The third-order valence-corrected chi connectivity index (χ3v) is 10.6. The van der Waals surface area contributed by atoms with Gasteiger partial charge in [0.15, 0.2) is 0 Å². The zero-order chi connectivity index (χ0) is 27.2. The fourth-order valence-electron chi connectivity index (χ4n) is 3.20. The van der Waals surface area contributed by atoms with Gasteiger partial charge in [-0.1, -0.05) is 90.9 Å². The summed E-state index contributed by atoms with van der Waals surface area (Å²) in [5, 5.41) is 19.4. The summed E-state index contributed by atoms with van der Waals surface area (Å²) in [7, 11) is 0. The van der Waals surface area contributed by atoms with Crippen molar-refractivity contribution in [2.75, 3.05) is 0 Å². The molecule has 0 aromatic heterocycles. The van der Waals surface area contributed by atoms with Crippen molar-refractivity contribution in [1.29, 1.82) is 0 Å². The maximum absolute atomic E-state index is 10.3. The summed E-state index contributed by atoms with van der Waals surface area (Å²) >= 11 is 7.96. The Morgan fingerprint density at radius 3 is 1.11 bits per heavy atom. The number of aliphatic carboxylic acids is 2. The van der Waals surface area contributed by atoms with Crippen LogP contribution in [0.5, 0.6) is 0 Å². The molecule has 35 heavy (non-hydrogen) atoms. The normalized spacial score (nSPS) is 11.8. The van der Waals surface area contributed by atoms with Crippen LogP contribution in [0.2, 0.25) is 8.87 Å². The first-order chi connectivity index (χ1) is 16.8. The fraction of sp³-hybridized carbons (Fsp3) is 0.929. The van der Waals surface area contributed by atoms with Crippen molar-refractivity contribution in [3.63, 3.8) is 0 Å². The van der Waals surface area contributed by atoms with Gasteiger partial charge < -0.3 is 19.8 Å². The molecule has 0 aliphatic rings. The van der Waals surface area contributed by atoms with Crippen molar-refractivity contribution in [3.05, 3.63) is 0 Å².